The van der Waals surface area contributed by atoms with Gasteiger partial charge >= 0.3 is 5.97 Å². The second kappa shape index (κ2) is 5.37. The monoisotopic (exact) mass is 278 g/mol. The number of esters is 1. The predicted molar refractivity (Wildman–Crippen MR) is 61.8 cm³/mol. The maximum absolute atomic E-state index is 11.3. The SMILES string of the molecule is COC(=O)Cc1cccc(S(=O)(=O)Cl)c1OC. The molecule has 5 nitrogen and oxygen atoms in total. The number of para-hydroxylation sites is 1. The van der Waals surface area contributed by atoms with Gasteiger partial charge < -0.3 is 9.47 Å². The maximum Gasteiger partial charge on any atom is 0.310 e. The summed E-state index contributed by atoms with van der Waals surface area (Å²) in [5, 5.41) is 0. The summed E-state index contributed by atoms with van der Waals surface area (Å²) >= 11 is 0. The Labute approximate surface area is 104 Å². The number of halogens is 1. The van der Waals surface area contributed by atoms with Gasteiger partial charge in [-0.1, -0.05) is 12.1 Å². The Morgan fingerprint density at radius 1 is 1.35 bits per heavy atom. The van der Waals surface area contributed by atoms with E-state index in [2.05, 4.69) is 4.74 Å². The number of benzene rings is 1. The third-order valence-electron chi connectivity index (χ3n) is 2.09. The highest BCUT2D eigenvalue weighted by Gasteiger charge is 2.20. The molecule has 0 amide bonds. The minimum atomic E-state index is -3.92. The van der Waals surface area contributed by atoms with E-state index in [0.717, 1.165) is 0 Å². The van der Waals surface area contributed by atoms with Gasteiger partial charge in [0.15, 0.2) is 0 Å². The molecule has 17 heavy (non-hydrogen) atoms. The molecule has 0 fully saturated rings. The number of methoxy groups -OCH3 is 2. The smallest absolute Gasteiger partial charge is 0.310 e. The average molecular weight is 279 g/mol. The Kier molecular flexibility index (Phi) is 4.36. The molecular formula is C10H11ClO5S. The fraction of sp³-hybridized carbons (Fsp3) is 0.300. The number of ether oxygens (including phenoxy) is 2. The van der Waals surface area contributed by atoms with E-state index in [-0.39, 0.29) is 17.1 Å². The summed E-state index contributed by atoms with van der Waals surface area (Å²) in [6.07, 6.45) is -0.0834. The molecule has 0 radical (unpaired) electrons. The molecule has 0 N–H and O–H groups in total. The van der Waals surface area contributed by atoms with Gasteiger partial charge in [0.25, 0.3) is 9.05 Å². The van der Waals surface area contributed by atoms with Gasteiger partial charge in [-0.3, -0.25) is 4.79 Å². The van der Waals surface area contributed by atoms with Gasteiger partial charge in [-0.25, -0.2) is 8.42 Å². The van der Waals surface area contributed by atoms with Crippen LogP contribution < -0.4 is 4.74 Å². The predicted octanol–water partition coefficient (Wildman–Crippen LogP) is 1.34. The molecule has 0 aliphatic carbocycles. The van der Waals surface area contributed by atoms with E-state index < -0.39 is 15.0 Å². The Balaban J connectivity index is 3.29. The van der Waals surface area contributed by atoms with Crippen molar-refractivity contribution in [3.8, 4) is 5.75 Å². The van der Waals surface area contributed by atoms with Crippen molar-refractivity contribution in [3.63, 3.8) is 0 Å². The Hall–Kier alpha value is -1.27. The van der Waals surface area contributed by atoms with Crippen molar-refractivity contribution in [2.45, 2.75) is 11.3 Å². The van der Waals surface area contributed by atoms with E-state index in [1.807, 2.05) is 0 Å². The Bertz CT molecular complexity index is 523. The molecule has 0 aromatic heterocycles. The lowest BCUT2D eigenvalue weighted by Gasteiger charge is -2.10. The minimum absolute atomic E-state index is 0.0629. The van der Waals surface area contributed by atoms with Crippen LogP contribution in [0.5, 0.6) is 5.75 Å². The molecule has 0 saturated heterocycles. The number of rotatable bonds is 4. The van der Waals surface area contributed by atoms with Crippen LogP contribution in [0, 0.1) is 0 Å². The zero-order chi connectivity index (χ0) is 13.1. The first-order valence-electron chi connectivity index (χ1n) is 4.57. The zero-order valence-electron chi connectivity index (χ0n) is 9.27. The zero-order valence-corrected chi connectivity index (χ0v) is 10.8. The van der Waals surface area contributed by atoms with Gasteiger partial charge in [-0.2, -0.15) is 0 Å². The number of carbonyl (C=O) groups excluding carboxylic acids is 1. The molecule has 0 aliphatic rings. The molecule has 0 bridgehead atoms. The third kappa shape index (κ3) is 3.34. The summed E-state index contributed by atoms with van der Waals surface area (Å²) in [4.78, 5) is 11.0. The van der Waals surface area contributed by atoms with E-state index in [0.29, 0.717) is 5.56 Å². The van der Waals surface area contributed by atoms with Gasteiger partial charge in [-0.05, 0) is 6.07 Å². The highest BCUT2D eigenvalue weighted by atomic mass is 35.7. The third-order valence-corrected chi connectivity index (χ3v) is 3.44. The minimum Gasteiger partial charge on any atom is -0.495 e. The van der Waals surface area contributed by atoms with Gasteiger partial charge in [0.2, 0.25) is 0 Å². The van der Waals surface area contributed by atoms with E-state index in [9.17, 15) is 13.2 Å². The fourth-order valence-electron chi connectivity index (χ4n) is 1.35. The molecule has 1 aromatic rings. The van der Waals surface area contributed by atoms with E-state index in [1.165, 1.54) is 26.4 Å². The maximum atomic E-state index is 11.3. The van der Waals surface area contributed by atoms with Gasteiger partial charge in [0.1, 0.15) is 10.6 Å². The highest BCUT2D eigenvalue weighted by Crippen LogP contribution is 2.30. The first-order chi connectivity index (χ1) is 7.90. The topological polar surface area (TPSA) is 69.7 Å². The summed E-state index contributed by atoms with van der Waals surface area (Å²) < 4.78 is 32.1. The van der Waals surface area contributed by atoms with Crippen molar-refractivity contribution >= 4 is 25.7 Å². The molecule has 0 heterocycles. The van der Waals surface area contributed by atoms with Gasteiger partial charge in [0, 0.05) is 16.2 Å². The van der Waals surface area contributed by atoms with Crippen molar-refractivity contribution in [2.24, 2.45) is 0 Å². The van der Waals surface area contributed by atoms with E-state index >= 15 is 0 Å². The normalized spacial score (nSPS) is 11.0. The lowest BCUT2D eigenvalue weighted by molar-refractivity contribution is -0.139. The quantitative estimate of drug-likeness (QED) is 0.614. The van der Waals surface area contributed by atoms with Crippen molar-refractivity contribution in [1.29, 1.82) is 0 Å². The molecule has 1 rings (SSSR count). The Morgan fingerprint density at radius 2 is 2.00 bits per heavy atom. The number of hydrogen-bond acceptors (Lipinski definition) is 5. The van der Waals surface area contributed by atoms with Crippen LogP contribution in [0.4, 0.5) is 0 Å². The second-order valence-electron chi connectivity index (χ2n) is 3.14. The van der Waals surface area contributed by atoms with Gasteiger partial charge in [-0.15, -0.1) is 0 Å². The van der Waals surface area contributed by atoms with Crippen molar-refractivity contribution in [3.05, 3.63) is 23.8 Å². The molecule has 1 aromatic carbocycles. The number of carbonyl (C=O) groups is 1. The Morgan fingerprint density at radius 3 is 2.47 bits per heavy atom. The summed E-state index contributed by atoms with van der Waals surface area (Å²) in [7, 11) is 3.90. The van der Waals surface area contributed by atoms with Crippen LogP contribution in [0.1, 0.15) is 5.56 Å². The first-order valence-corrected chi connectivity index (χ1v) is 6.88. The van der Waals surface area contributed by atoms with Crippen LogP contribution in [-0.2, 0) is 25.0 Å². The molecule has 94 valence electrons. The molecular weight excluding hydrogens is 268 g/mol. The van der Waals surface area contributed by atoms with Crippen LogP contribution in [0.3, 0.4) is 0 Å². The molecule has 0 saturated carbocycles. The lowest BCUT2D eigenvalue weighted by atomic mass is 10.1. The lowest BCUT2D eigenvalue weighted by Crippen LogP contribution is -2.07. The molecule has 0 aliphatic heterocycles. The van der Waals surface area contributed by atoms with Crippen molar-refractivity contribution in [1.82, 2.24) is 0 Å². The fourth-order valence-corrected chi connectivity index (χ4v) is 2.39. The summed E-state index contributed by atoms with van der Waals surface area (Å²) in [5.41, 5.74) is 0.404. The van der Waals surface area contributed by atoms with E-state index in [4.69, 9.17) is 15.4 Å². The second-order valence-corrected chi connectivity index (χ2v) is 5.67. The van der Waals surface area contributed by atoms with Crippen molar-refractivity contribution in [2.75, 3.05) is 14.2 Å². The molecule has 7 heteroatoms. The van der Waals surface area contributed by atoms with Crippen LogP contribution in [0.25, 0.3) is 0 Å². The summed E-state index contributed by atoms with van der Waals surface area (Å²) in [5.74, 6) is -0.430. The number of hydrogen-bond donors (Lipinski definition) is 0. The van der Waals surface area contributed by atoms with Crippen LogP contribution in [-0.4, -0.2) is 28.6 Å². The van der Waals surface area contributed by atoms with Crippen molar-refractivity contribution < 1.29 is 22.7 Å². The summed E-state index contributed by atoms with van der Waals surface area (Å²) in [6.45, 7) is 0. The van der Waals surface area contributed by atoms with E-state index in [1.54, 1.807) is 6.07 Å². The first kappa shape index (κ1) is 13.8. The molecule has 0 unspecified atom stereocenters. The highest BCUT2D eigenvalue weighted by molar-refractivity contribution is 8.13. The van der Waals surface area contributed by atoms with Crippen LogP contribution >= 0.6 is 10.7 Å². The average Bonchev–Trinajstić information content (AvgIpc) is 2.27. The standard InChI is InChI=1S/C10H11ClO5S/c1-15-9(12)6-7-4-3-5-8(10(7)16-2)17(11,13)14/h3-5H,6H2,1-2H3. The van der Waals surface area contributed by atoms with Crippen LogP contribution in [0.15, 0.2) is 23.1 Å². The van der Waals surface area contributed by atoms with Gasteiger partial charge in [0.05, 0.1) is 20.6 Å². The molecule has 0 atom stereocenters. The molecule has 0 spiro atoms. The summed E-state index contributed by atoms with van der Waals surface area (Å²) in [6, 6.07) is 4.36. The largest absolute Gasteiger partial charge is 0.495 e. The van der Waals surface area contributed by atoms with Crippen LogP contribution in [0.2, 0.25) is 0 Å².